The molecule has 202 valence electrons. The lowest BCUT2D eigenvalue weighted by Gasteiger charge is -2.16. The van der Waals surface area contributed by atoms with Crippen LogP contribution < -0.4 is 20.2 Å². The van der Waals surface area contributed by atoms with Gasteiger partial charge in [-0.25, -0.2) is 13.8 Å². The molecule has 0 unspecified atom stereocenters. The van der Waals surface area contributed by atoms with Gasteiger partial charge in [0.05, 0.1) is 30.0 Å². The first-order valence-corrected chi connectivity index (χ1v) is 12.2. The maximum absolute atomic E-state index is 15.1. The van der Waals surface area contributed by atoms with E-state index in [1.54, 1.807) is 36.9 Å². The molecule has 5 rings (SSSR count). The van der Waals surface area contributed by atoms with Crippen LogP contribution in [-0.2, 0) is 13.5 Å². The third kappa shape index (κ3) is 5.11. The Morgan fingerprint density at radius 1 is 1.02 bits per heavy atom. The summed E-state index contributed by atoms with van der Waals surface area (Å²) in [7, 11) is 4.86. The van der Waals surface area contributed by atoms with E-state index >= 15 is 4.39 Å². The normalized spacial score (nSPS) is 10.9. The zero-order valence-corrected chi connectivity index (χ0v) is 21.9. The molecule has 2 aromatic carbocycles. The van der Waals surface area contributed by atoms with Crippen molar-refractivity contribution in [3.63, 3.8) is 0 Å². The second-order valence-corrected chi connectivity index (χ2v) is 8.98. The molecule has 0 saturated carbocycles. The van der Waals surface area contributed by atoms with Crippen molar-refractivity contribution < 1.29 is 23.0 Å². The highest BCUT2D eigenvalue weighted by Gasteiger charge is 2.21. The van der Waals surface area contributed by atoms with Crippen LogP contribution in [0.1, 0.15) is 15.9 Å². The van der Waals surface area contributed by atoms with Crippen LogP contribution in [0.2, 0.25) is 0 Å². The van der Waals surface area contributed by atoms with Gasteiger partial charge in [0.15, 0.2) is 23.1 Å². The molecule has 0 saturated heterocycles. The van der Waals surface area contributed by atoms with Crippen molar-refractivity contribution in [1.82, 2.24) is 14.5 Å². The zero-order valence-electron chi connectivity index (χ0n) is 21.9. The minimum absolute atomic E-state index is 0.0609. The lowest BCUT2D eigenvalue weighted by atomic mass is 9.98. The number of carbonyl (C=O) groups excluding carboxylic acids is 1. The number of methoxy groups -OCH3 is 1. The van der Waals surface area contributed by atoms with Gasteiger partial charge in [-0.05, 0) is 35.4 Å². The average Bonchev–Trinajstić information content (AvgIpc) is 2.95. The van der Waals surface area contributed by atoms with Gasteiger partial charge < -0.3 is 19.4 Å². The molecule has 1 N–H and O–H groups in total. The maximum Gasteiger partial charge on any atom is 0.202 e. The molecule has 3 aromatic heterocycles. The summed E-state index contributed by atoms with van der Waals surface area (Å²) in [5.41, 5.74) is 1.44. The number of pyridine rings is 3. The number of Topliss-reactive ketones (excluding diaryl/α,β-unsaturated/α-hetero) is 1. The number of aromatic nitrogens is 3. The molecule has 40 heavy (non-hydrogen) atoms. The van der Waals surface area contributed by atoms with E-state index in [1.807, 2.05) is 0 Å². The van der Waals surface area contributed by atoms with Gasteiger partial charge in [-0.1, -0.05) is 18.2 Å². The molecule has 0 radical (unpaired) electrons. The number of hydrogen-bond acceptors (Lipinski definition) is 7. The van der Waals surface area contributed by atoms with Crippen LogP contribution in [-0.4, -0.2) is 34.5 Å². The molecule has 0 aliphatic heterocycles. The molecule has 3 heterocycles. The van der Waals surface area contributed by atoms with Gasteiger partial charge in [-0.3, -0.25) is 14.6 Å². The van der Waals surface area contributed by atoms with Crippen LogP contribution >= 0.6 is 0 Å². The standard InChI is InChI=1S/C30H24F2N4O4/c1-33-30-27(18-5-7-19(31)8-6-18)29(38)21(16-36(30)2)24(37)13-17-4-9-25(22(32)12-17)40-26-10-11-34-23-14-20(39-3)15-35-28(23)26/h4-12,14-16,33H,13H2,1-3H3. The average molecular weight is 543 g/mol. The maximum atomic E-state index is 15.1. The summed E-state index contributed by atoms with van der Waals surface area (Å²) in [6, 6.07) is 12.9. The summed E-state index contributed by atoms with van der Waals surface area (Å²) in [4.78, 5) is 35.2. The smallest absolute Gasteiger partial charge is 0.202 e. The molecule has 0 aliphatic carbocycles. The van der Waals surface area contributed by atoms with Crippen molar-refractivity contribution in [3.8, 4) is 28.4 Å². The van der Waals surface area contributed by atoms with Crippen LogP contribution in [0.4, 0.5) is 14.6 Å². The first-order valence-electron chi connectivity index (χ1n) is 12.2. The molecule has 8 nitrogen and oxygen atoms in total. The van der Waals surface area contributed by atoms with Crippen molar-refractivity contribution >= 4 is 22.6 Å². The van der Waals surface area contributed by atoms with E-state index in [0.717, 1.165) is 0 Å². The van der Waals surface area contributed by atoms with Gasteiger partial charge in [-0.2, -0.15) is 0 Å². The number of nitrogens with one attached hydrogen (secondary N) is 1. The third-order valence-corrected chi connectivity index (χ3v) is 6.39. The van der Waals surface area contributed by atoms with Crippen LogP contribution in [0.5, 0.6) is 17.2 Å². The monoisotopic (exact) mass is 542 g/mol. The number of ketones is 1. The Balaban J connectivity index is 1.42. The summed E-state index contributed by atoms with van der Waals surface area (Å²) in [5.74, 6) is -0.380. The van der Waals surface area contributed by atoms with Gasteiger partial charge in [0, 0.05) is 45.0 Å². The van der Waals surface area contributed by atoms with E-state index in [4.69, 9.17) is 9.47 Å². The van der Waals surface area contributed by atoms with Crippen molar-refractivity contribution in [1.29, 1.82) is 0 Å². The summed E-state index contributed by atoms with van der Waals surface area (Å²) >= 11 is 0. The molecule has 10 heteroatoms. The van der Waals surface area contributed by atoms with E-state index in [-0.39, 0.29) is 23.3 Å². The van der Waals surface area contributed by atoms with E-state index in [2.05, 4.69) is 15.3 Å². The number of hydrogen-bond donors (Lipinski definition) is 1. The SMILES string of the molecule is CNc1c(-c2ccc(F)cc2)c(=O)c(C(=O)Cc2ccc(Oc3ccnc4cc(OC)cnc34)c(F)c2)cn1C. The van der Waals surface area contributed by atoms with Gasteiger partial charge in [-0.15, -0.1) is 0 Å². The fourth-order valence-electron chi connectivity index (χ4n) is 4.44. The minimum Gasteiger partial charge on any atom is -0.495 e. The summed E-state index contributed by atoms with van der Waals surface area (Å²) in [6.07, 6.45) is 4.25. The molecule has 0 spiro atoms. The Morgan fingerprint density at radius 2 is 1.80 bits per heavy atom. The Bertz CT molecular complexity index is 1800. The van der Waals surface area contributed by atoms with E-state index in [9.17, 15) is 14.0 Å². The summed E-state index contributed by atoms with van der Waals surface area (Å²) in [6.45, 7) is 0. The fourth-order valence-corrected chi connectivity index (χ4v) is 4.44. The van der Waals surface area contributed by atoms with Crippen LogP contribution in [0.15, 0.2) is 78.0 Å². The lowest BCUT2D eigenvalue weighted by Crippen LogP contribution is -2.23. The Hall–Kier alpha value is -5.12. The second-order valence-electron chi connectivity index (χ2n) is 8.98. The second kappa shape index (κ2) is 10.9. The molecule has 0 amide bonds. The molecular formula is C30H24F2N4O4. The lowest BCUT2D eigenvalue weighted by molar-refractivity contribution is 0.0991. The number of anilines is 1. The van der Waals surface area contributed by atoms with E-state index in [0.29, 0.717) is 39.5 Å². The Labute approximate surface area is 227 Å². The number of halogens is 2. The highest BCUT2D eigenvalue weighted by Crippen LogP contribution is 2.31. The van der Waals surface area contributed by atoms with Crippen molar-refractivity contribution in [2.24, 2.45) is 7.05 Å². The van der Waals surface area contributed by atoms with Gasteiger partial charge in [0.1, 0.15) is 22.9 Å². The number of carbonyl (C=O) groups is 1. The van der Waals surface area contributed by atoms with Crippen molar-refractivity contribution in [2.45, 2.75) is 6.42 Å². The molecule has 0 atom stereocenters. The molecule has 0 bridgehead atoms. The number of nitrogens with zero attached hydrogens (tertiary/aromatic N) is 3. The summed E-state index contributed by atoms with van der Waals surface area (Å²) in [5, 5.41) is 2.96. The van der Waals surface area contributed by atoms with Gasteiger partial charge in [0.25, 0.3) is 0 Å². The predicted octanol–water partition coefficient (Wildman–Crippen LogP) is 5.54. The molecular weight excluding hydrogens is 518 g/mol. The van der Waals surface area contributed by atoms with E-state index in [1.165, 1.54) is 62.1 Å². The number of ether oxygens (including phenoxy) is 2. The molecule has 0 aliphatic rings. The quantitative estimate of drug-likeness (QED) is 0.257. The highest BCUT2D eigenvalue weighted by molar-refractivity contribution is 5.99. The van der Waals surface area contributed by atoms with Gasteiger partial charge >= 0.3 is 0 Å². The van der Waals surface area contributed by atoms with Crippen molar-refractivity contribution in [3.05, 3.63) is 106 Å². The zero-order chi connectivity index (χ0) is 28.4. The first kappa shape index (κ1) is 26.5. The number of rotatable bonds is 8. The first-order chi connectivity index (χ1) is 19.3. The van der Waals surface area contributed by atoms with Crippen molar-refractivity contribution in [2.75, 3.05) is 19.5 Å². The number of fused-ring (bicyclic) bond motifs is 1. The van der Waals surface area contributed by atoms with Crippen LogP contribution in [0.25, 0.3) is 22.2 Å². The topological polar surface area (TPSA) is 95.3 Å². The van der Waals surface area contributed by atoms with Crippen LogP contribution in [0.3, 0.4) is 0 Å². The fraction of sp³-hybridized carbons (Fsp3) is 0.133. The number of aryl methyl sites for hydroxylation is 1. The predicted molar refractivity (Wildman–Crippen MR) is 147 cm³/mol. The molecule has 0 fully saturated rings. The number of benzene rings is 2. The Morgan fingerprint density at radius 3 is 2.50 bits per heavy atom. The van der Waals surface area contributed by atoms with E-state index < -0.39 is 22.8 Å². The largest absolute Gasteiger partial charge is 0.495 e. The highest BCUT2D eigenvalue weighted by atomic mass is 19.1. The summed E-state index contributed by atoms with van der Waals surface area (Å²) < 4.78 is 41.1. The Kier molecular flexibility index (Phi) is 7.24. The minimum atomic E-state index is -0.686. The van der Waals surface area contributed by atoms with Crippen LogP contribution in [0, 0.1) is 11.6 Å². The third-order valence-electron chi connectivity index (χ3n) is 6.39. The molecule has 5 aromatic rings. The van der Waals surface area contributed by atoms with Gasteiger partial charge in [0.2, 0.25) is 5.43 Å².